The number of rotatable bonds is 2. The first kappa shape index (κ1) is 16.3. The van der Waals surface area contributed by atoms with E-state index in [4.69, 9.17) is 4.74 Å². The SMILES string of the molecule is CN(C)C(=O)c1cc(Br)c2c(c1)C=CC(c1ccc(Br)cc1)O2. The summed E-state index contributed by atoms with van der Waals surface area (Å²) in [5, 5.41) is 0. The molecule has 1 atom stereocenters. The van der Waals surface area contributed by atoms with Gasteiger partial charge < -0.3 is 9.64 Å². The molecule has 3 nitrogen and oxygen atoms in total. The number of hydrogen-bond donors (Lipinski definition) is 0. The summed E-state index contributed by atoms with van der Waals surface area (Å²) in [6.45, 7) is 0. The molecular formula is C18H15Br2NO2. The second kappa shape index (κ2) is 6.49. The third-order valence-electron chi connectivity index (χ3n) is 3.62. The molecule has 1 amide bonds. The number of ether oxygens (including phenoxy) is 1. The summed E-state index contributed by atoms with van der Waals surface area (Å²) in [6.07, 6.45) is 3.87. The fourth-order valence-electron chi connectivity index (χ4n) is 2.43. The first-order chi connectivity index (χ1) is 11.0. The fraction of sp³-hybridized carbons (Fsp3) is 0.167. The number of carbonyl (C=O) groups excluding carboxylic acids is 1. The highest BCUT2D eigenvalue weighted by atomic mass is 79.9. The fourth-order valence-corrected chi connectivity index (χ4v) is 3.27. The van der Waals surface area contributed by atoms with Crippen LogP contribution in [0.5, 0.6) is 5.75 Å². The number of carbonyl (C=O) groups is 1. The van der Waals surface area contributed by atoms with Crippen molar-refractivity contribution in [3.8, 4) is 5.75 Å². The molecule has 0 spiro atoms. The van der Waals surface area contributed by atoms with Gasteiger partial charge in [-0.2, -0.15) is 0 Å². The zero-order chi connectivity index (χ0) is 16.6. The average Bonchev–Trinajstić information content (AvgIpc) is 2.54. The van der Waals surface area contributed by atoms with E-state index < -0.39 is 0 Å². The smallest absolute Gasteiger partial charge is 0.253 e. The number of fused-ring (bicyclic) bond motifs is 1. The van der Waals surface area contributed by atoms with Gasteiger partial charge in [0.25, 0.3) is 5.91 Å². The van der Waals surface area contributed by atoms with Gasteiger partial charge in [-0.1, -0.05) is 34.1 Å². The molecule has 0 radical (unpaired) electrons. The number of amides is 1. The van der Waals surface area contributed by atoms with E-state index in [-0.39, 0.29) is 12.0 Å². The Morgan fingerprint density at radius 2 is 1.83 bits per heavy atom. The van der Waals surface area contributed by atoms with E-state index in [2.05, 4.69) is 31.9 Å². The lowest BCUT2D eigenvalue weighted by Gasteiger charge is -2.24. The minimum atomic E-state index is -0.137. The highest BCUT2D eigenvalue weighted by Gasteiger charge is 2.21. The Bertz CT molecular complexity index is 782. The highest BCUT2D eigenvalue weighted by Crippen LogP contribution is 2.39. The van der Waals surface area contributed by atoms with Crippen molar-refractivity contribution < 1.29 is 9.53 Å². The zero-order valence-electron chi connectivity index (χ0n) is 12.7. The number of nitrogens with zero attached hydrogens (tertiary/aromatic N) is 1. The van der Waals surface area contributed by atoms with Gasteiger partial charge in [-0.05, 0) is 51.8 Å². The molecule has 1 aliphatic rings. The molecule has 0 aromatic heterocycles. The molecule has 3 rings (SSSR count). The second-order valence-electron chi connectivity index (χ2n) is 5.53. The molecule has 1 heterocycles. The van der Waals surface area contributed by atoms with Crippen LogP contribution < -0.4 is 4.74 Å². The van der Waals surface area contributed by atoms with Crippen LogP contribution in [0, 0.1) is 0 Å². The van der Waals surface area contributed by atoms with Crippen LogP contribution in [0.25, 0.3) is 6.08 Å². The maximum Gasteiger partial charge on any atom is 0.253 e. The molecule has 1 unspecified atom stereocenters. The summed E-state index contributed by atoms with van der Waals surface area (Å²) in [5.74, 6) is 0.729. The summed E-state index contributed by atoms with van der Waals surface area (Å²) >= 11 is 6.96. The summed E-state index contributed by atoms with van der Waals surface area (Å²) in [4.78, 5) is 13.7. The molecule has 0 fully saturated rings. The molecule has 1 aliphatic heterocycles. The molecule has 118 valence electrons. The Labute approximate surface area is 152 Å². The van der Waals surface area contributed by atoms with Crippen LogP contribution >= 0.6 is 31.9 Å². The Balaban J connectivity index is 1.94. The number of halogens is 2. The van der Waals surface area contributed by atoms with Crippen LogP contribution in [0.15, 0.2) is 51.4 Å². The molecule has 2 aromatic carbocycles. The number of hydrogen-bond acceptors (Lipinski definition) is 2. The van der Waals surface area contributed by atoms with Crippen molar-refractivity contribution in [2.45, 2.75) is 6.10 Å². The molecule has 2 aromatic rings. The standard InChI is InChI=1S/C18H15Br2NO2/c1-21(2)18(22)13-9-12-5-8-16(23-17(12)15(20)10-13)11-3-6-14(19)7-4-11/h3-10,16H,1-2H3. The van der Waals surface area contributed by atoms with Crippen molar-refractivity contribution in [2.24, 2.45) is 0 Å². The van der Waals surface area contributed by atoms with Crippen molar-refractivity contribution in [3.63, 3.8) is 0 Å². The van der Waals surface area contributed by atoms with Gasteiger partial charge >= 0.3 is 0 Å². The van der Waals surface area contributed by atoms with E-state index in [1.54, 1.807) is 25.1 Å². The maximum absolute atomic E-state index is 12.1. The van der Waals surface area contributed by atoms with Gasteiger partial charge in [-0.25, -0.2) is 0 Å². The third kappa shape index (κ3) is 3.35. The lowest BCUT2D eigenvalue weighted by Crippen LogP contribution is -2.22. The lowest BCUT2D eigenvalue weighted by molar-refractivity contribution is 0.0827. The van der Waals surface area contributed by atoms with E-state index in [0.29, 0.717) is 5.56 Å². The topological polar surface area (TPSA) is 29.5 Å². The Hall–Kier alpha value is -1.59. The van der Waals surface area contributed by atoms with Gasteiger partial charge in [-0.15, -0.1) is 0 Å². The molecule has 0 saturated heterocycles. The van der Waals surface area contributed by atoms with E-state index in [1.165, 1.54) is 0 Å². The molecule has 0 saturated carbocycles. The van der Waals surface area contributed by atoms with Gasteiger partial charge in [0.05, 0.1) is 4.47 Å². The van der Waals surface area contributed by atoms with Crippen LogP contribution in [-0.2, 0) is 0 Å². The molecule has 23 heavy (non-hydrogen) atoms. The minimum Gasteiger partial charge on any atom is -0.480 e. The van der Waals surface area contributed by atoms with Crippen molar-refractivity contribution in [1.82, 2.24) is 4.90 Å². The monoisotopic (exact) mass is 435 g/mol. The van der Waals surface area contributed by atoms with E-state index in [1.807, 2.05) is 42.5 Å². The van der Waals surface area contributed by atoms with E-state index in [9.17, 15) is 4.79 Å². The Morgan fingerprint density at radius 1 is 1.13 bits per heavy atom. The summed E-state index contributed by atoms with van der Waals surface area (Å²) < 4.78 is 7.93. The van der Waals surface area contributed by atoms with Crippen molar-refractivity contribution in [1.29, 1.82) is 0 Å². The van der Waals surface area contributed by atoms with Crippen LogP contribution in [0.4, 0.5) is 0 Å². The van der Waals surface area contributed by atoms with Crippen LogP contribution in [0.3, 0.4) is 0 Å². The first-order valence-corrected chi connectivity index (χ1v) is 8.70. The minimum absolute atomic E-state index is 0.0306. The van der Waals surface area contributed by atoms with Gasteiger partial charge in [0, 0.05) is 29.7 Å². The van der Waals surface area contributed by atoms with E-state index in [0.717, 1.165) is 25.8 Å². The average molecular weight is 437 g/mol. The predicted octanol–water partition coefficient (Wildman–Crippen LogP) is 5.06. The van der Waals surface area contributed by atoms with Gasteiger partial charge in [-0.3, -0.25) is 4.79 Å². The molecular weight excluding hydrogens is 422 g/mol. The Kier molecular flexibility index (Phi) is 4.60. The zero-order valence-corrected chi connectivity index (χ0v) is 15.9. The molecule has 0 N–H and O–H groups in total. The van der Waals surface area contributed by atoms with Gasteiger partial charge in [0.15, 0.2) is 0 Å². The predicted molar refractivity (Wildman–Crippen MR) is 98.7 cm³/mol. The van der Waals surface area contributed by atoms with Crippen molar-refractivity contribution >= 4 is 43.8 Å². The lowest BCUT2D eigenvalue weighted by atomic mass is 10.0. The summed E-state index contributed by atoms with van der Waals surface area (Å²) in [7, 11) is 3.48. The summed E-state index contributed by atoms with van der Waals surface area (Å²) in [5.41, 5.74) is 2.62. The second-order valence-corrected chi connectivity index (χ2v) is 7.30. The molecule has 0 bridgehead atoms. The largest absolute Gasteiger partial charge is 0.480 e. The Morgan fingerprint density at radius 3 is 2.48 bits per heavy atom. The molecule has 0 aliphatic carbocycles. The molecule has 5 heteroatoms. The quantitative estimate of drug-likeness (QED) is 0.658. The third-order valence-corrected chi connectivity index (χ3v) is 4.74. The maximum atomic E-state index is 12.1. The van der Waals surface area contributed by atoms with Crippen LogP contribution in [0.1, 0.15) is 27.6 Å². The van der Waals surface area contributed by atoms with E-state index >= 15 is 0 Å². The van der Waals surface area contributed by atoms with Crippen molar-refractivity contribution in [3.05, 3.63) is 68.1 Å². The van der Waals surface area contributed by atoms with Gasteiger partial charge in [0.1, 0.15) is 11.9 Å². The van der Waals surface area contributed by atoms with Crippen molar-refractivity contribution in [2.75, 3.05) is 14.1 Å². The highest BCUT2D eigenvalue weighted by molar-refractivity contribution is 9.10. The normalized spacial score (nSPS) is 15.7. The number of benzene rings is 2. The summed E-state index contributed by atoms with van der Waals surface area (Å²) in [6, 6.07) is 11.7. The van der Waals surface area contributed by atoms with Gasteiger partial charge in [0.2, 0.25) is 0 Å². The van der Waals surface area contributed by atoms with Crippen LogP contribution in [0.2, 0.25) is 0 Å². The van der Waals surface area contributed by atoms with Crippen LogP contribution in [-0.4, -0.2) is 24.9 Å². The first-order valence-electron chi connectivity index (χ1n) is 7.11.